The van der Waals surface area contributed by atoms with E-state index in [1.54, 1.807) is 0 Å². The lowest BCUT2D eigenvalue weighted by Crippen LogP contribution is -2.23. The summed E-state index contributed by atoms with van der Waals surface area (Å²) in [6.45, 7) is 1.33. The van der Waals surface area contributed by atoms with Crippen LogP contribution in [-0.4, -0.2) is 19.8 Å². The van der Waals surface area contributed by atoms with E-state index in [1.807, 2.05) is 37.4 Å². The molecule has 0 aromatic heterocycles. The molecule has 1 N–H and O–H groups in total. The first-order valence-corrected chi connectivity index (χ1v) is 7.86. The third kappa shape index (κ3) is 3.22. The third-order valence-electron chi connectivity index (χ3n) is 3.54. The zero-order valence-corrected chi connectivity index (χ0v) is 13.5. The molecule has 0 saturated carbocycles. The number of para-hydroxylation sites is 2. The zero-order chi connectivity index (χ0) is 14.7. The molecule has 21 heavy (non-hydrogen) atoms. The Hall–Kier alpha value is -1.52. The molecule has 0 bridgehead atoms. The number of rotatable bonds is 5. The largest absolute Gasteiger partial charge is 0.488 e. The van der Waals surface area contributed by atoms with E-state index in [0.29, 0.717) is 6.61 Å². The number of ether oxygens (including phenoxy) is 2. The van der Waals surface area contributed by atoms with E-state index in [-0.39, 0.29) is 6.10 Å². The summed E-state index contributed by atoms with van der Waals surface area (Å²) in [5, 5.41) is 3.16. The minimum absolute atomic E-state index is 0.0805. The molecule has 0 radical (unpaired) electrons. The van der Waals surface area contributed by atoms with E-state index in [9.17, 15) is 0 Å². The minimum atomic E-state index is 0.0805. The number of benzene rings is 2. The van der Waals surface area contributed by atoms with Crippen LogP contribution in [0.2, 0.25) is 0 Å². The van der Waals surface area contributed by atoms with Gasteiger partial charge in [0.1, 0.15) is 24.2 Å². The van der Waals surface area contributed by atoms with Crippen LogP contribution in [-0.2, 0) is 13.0 Å². The monoisotopic (exact) mass is 347 g/mol. The van der Waals surface area contributed by atoms with Gasteiger partial charge in [-0.2, -0.15) is 0 Å². The van der Waals surface area contributed by atoms with Crippen molar-refractivity contribution in [3.63, 3.8) is 0 Å². The maximum absolute atomic E-state index is 6.02. The van der Waals surface area contributed by atoms with Gasteiger partial charge in [0, 0.05) is 18.5 Å². The molecule has 3 nitrogen and oxygen atoms in total. The van der Waals surface area contributed by atoms with Crippen molar-refractivity contribution in [2.75, 3.05) is 13.7 Å². The van der Waals surface area contributed by atoms with Crippen LogP contribution in [0, 0.1) is 0 Å². The number of hydrogen-bond donors (Lipinski definition) is 1. The van der Waals surface area contributed by atoms with E-state index < -0.39 is 0 Å². The molecule has 3 rings (SSSR count). The van der Waals surface area contributed by atoms with Crippen molar-refractivity contribution in [3.05, 3.63) is 58.1 Å². The zero-order valence-electron chi connectivity index (χ0n) is 11.9. The molecule has 1 heterocycles. The molecule has 1 atom stereocenters. The van der Waals surface area contributed by atoms with Crippen molar-refractivity contribution in [1.82, 2.24) is 5.32 Å². The fourth-order valence-electron chi connectivity index (χ4n) is 2.57. The van der Waals surface area contributed by atoms with Crippen molar-refractivity contribution in [1.29, 1.82) is 0 Å². The molecule has 1 aliphatic heterocycles. The van der Waals surface area contributed by atoms with Crippen molar-refractivity contribution in [2.45, 2.75) is 19.1 Å². The smallest absolute Gasteiger partial charge is 0.138 e. The fraction of sp³-hybridized carbons (Fsp3) is 0.294. The summed E-state index contributed by atoms with van der Waals surface area (Å²) >= 11 is 3.56. The van der Waals surface area contributed by atoms with Gasteiger partial charge in [0.25, 0.3) is 0 Å². The topological polar surface area (TPSA) is 30.5 Å². The summed E-state index contributed by atoms with van der Waals surface area (Å²) in [6, 6.07) is 14.3. The van der Waals surface area contributed by atoms with Gasteiger partial charge in [0.05, 0.1) is 4.47 Å². The number of halogens is 1. The molecule has 2 aromatic carbocycles. The van der Waals surface area contributed by atoms with E-state index in [1.165, 1.54) is 5.56 Å². The molecule has 0 saturated heterocycles. The molecule has 0 spiro atoms. The molecule has 0 fully saturated rings. The van der Waals surface area contributed by atoms with Gasteiger partial charge < -0.3 is 14.8 Å². The summed E-state index contributed by atoms with van der Waals surface area (Å²) in [4.78, 5) is 0. The number of hydrogen-bond acceptors (Lipinski definition) is 3. The van der Waals surface area contributed by atoms with Crippen LogP contribution >= 0.6 is 15.9 Å². The van der Waals surface area contributed by atoms with E-state index in [2.05, 4.69) is 33.4 Å². The van der Waals surface area contributed by atoms with Crippen LogP contribution in [0.4, 0.5) is 0 Å². The maximum Gasteiger partial charge on any atom is 0.138 e. The molecule has 4 heteroatoms. The van der Waals surface area contributed by atoms with Gasteiger partial charge >= 0.3 is 0 Å². The van der Waals surface area contributed by atoms with Gasteiger partial charge in [-0.3, -0.25) is 0 Å². The second-order valence-corrected chi connectivity index (χ2v) is 5.98. The average molecular weight is 348 g/mol. The standard InChI is InChI=1S/C17H18BrNO2/c1-19-10-13-6-4-7-15(18)17(13)20-11-14-9-12-5-2-3-8-16(12)21-14/h2-8,14,19H,9-11H2,1H3. The Morgan fingerprint density at radius 1 is 1.24 bits per heavy atom. The van der Waals surface area contributed by atoms with Crippen LogP contribution < -0.4 is 14.8 Å². The Bertz CT molecular complexity index is 605. The summed E-state index contributed by atoms with van der Waals surface area (Å²) in [5.74, 6) is 1.88. The Labute approximate surface area is 133 Å². The first-order chi connectivity index (χ1) is 10.3. The quantitative estimate of drug-likeness (QED) is 0.897. The van der Waals surface area contributed by atoms with Crippen molar-refractivity contribution >= 4 is 15.9 Å². The van der Waals surface area contributed by atoms with Crippen LogP contribution in [0.25, 0.3) is 0 Å². The van der Waals surface area contributed by atoms with Crippen molar-refractivity contribution in [3.8, 4) is 11.5 Å². The van der Waals surface area contributed by atoms with Gasteiger partial charge in [0.15, 0.2) is 0 Å². The molecule has 2 aromatic rings. The summed E-state index contributed by atoms with van der Waals surface area (Å²) in [6.07, 6.45) is 0.985. The molecule has 110 valence electrons. The second kappa shape index (κ2) is 6.50. The highest BCUT2D eigenvalue weighted by atomic mass is 79.9. The van der Waals surface area contributed by atoms with Gasteiger partial charge in [-0.1, -0.05) is 30.3 Å². The van der Waals surface area contributed by atoms with E-state index in [0.717, 1.165) is 34.5 Å². The predicted octanol–water partition coefficient (Wildman–Crippen LogP) is 3.55. The number of nitrogens with one attached hydrogen (secondary N) is 1. The maximum atomic E-state index is 6.02. The fourth-order valence-corrected chi connectivity index (χ4v) is 3.09. The average Bonchev–Trinajstić information content (AvgIpc) is 2.90. The SMILES string of the molecule is CNCc1cccc(Br)c1OCC1Cc2ccccc2O1. The highest BCUT2D eigenvalue weighted by Gasteiger charge is 2.23. The first kappa shape index (κ1) is 14.4. The molecule has 1 aliphatic rings. The Morgan fingerprint density at radius 3 is 2.90 bits per heavy atom. The lowest BCUT2D eigenvalue weighted by molar-refractivity contribution is 0.147. The summed E-state index contributed by atoms with van der Waals surface area (Å²) in [5.41, 5.74) is 2.40. The highest BCUT2D eigenvalue weighted by molar-refractivity contribution is 9.10. The van der Waals surface area contributed by atoms with E-state index in [4.69, 9.17) is 9.47 Å². The molecular weight excluding hydrogens is 330 g/mol. The Kier molecular flexibility index (Phi) is 4.46. The van der Waals surface area contributed by atoms with Gasteiger partial charge in [-0.05, 0) is 40.7 Å². The number of fused-ring (bicyclic) bond motifs is 1. The normalized spacial score (nSPS) is 16.4. The molecule has 0 aliphatic carbocycles. The van der Waals surface area contributed by atoms with Crippen molar-refractivity contribution in [2.24, 2.45) is 0 Å². The third-order valence-corrected chi connectivity index (χ3v) is 4.17. The van der Waals surface area contributed by atoms with Gasteiger partial charge in [0.2, 0.25) is 0 Å². The summed E-state index contributed by atoms with van der Waals surface area (Å²) < 4.78 is 12.9. The minimum Gasteiger partial charge on any atom is -0.488 e. The summed E-state index contributed by atoms with van der Waals surface area (Å²) in [7, 11) is 1.93. The lowest BCUT2D eigenvalue weighted by Gasteiger charge is -2.16. The molecule has 1 unspecified atom stereocenters. The van der Waals surface area contributed by atoms with Crippen molar-refractivity contribution < 1.29 is 9.47 Å². The highest BCUT2D eigenvalue weighted by Crippen LogP contribution is 2.31. The Morgan fingerprint density at radius 2 is 2.10 bits per heavy atom. The van der Waals surface area contributed by atoms with Crippen LogP contribution in [0.15, 0.2) is 46.9 Å². The van der Waals surface area contributed by atoms with Gasteiger partial charge in [-0.15, -0.1) is 0 Å². The first-order valence-electron chi connectivity index (χ1n) is 7.07. The predicted molar refractivity (Wildman–Crippen MR) is 87.0 cm³/mol. The Balaban J connectivity index is 1.67. The van der Waals surface area contributed by atoms with Crippen LogP contribution in [0.3, 0.4) is 0 Å². The second-order valence-electron chi connectivity index (χ2n) is 5.12. The van der Waals surface area contributed by atoms with E-state index >= 15 is 0 Å². The molecular formula is C17H18BrNO2. The van der Waals surface area contributed by atoms with Crippen LogP contribution in [0.5, 0.6) is 11.5 Å². The lowest BCUT2D eigenvalue weighted by atomic mass is 10.1. The van der Waals surface area contributed by atoms with Gasteiger partial charge in [-0.25, -0.2) is 0 Å². The van der Waals surface area contributed by atoms with Crippen LogP contribution in [0.1, 0.15) is 11.1 Å². The molecule has 0 amide bonds.